The van der Waals surface area contributed by atoms with Crippen LogP contribution in [0.2, 0.25) is 0 Å². The Balaban J connectivity index is 1.54. The minimum atomic E-state index is -0.472. The van der Waals surface area contributed by atoms with Crippen molar-refractivity contribution in [3.05, 3.63) is 29.3 Å². The van der Waals surface area contributed by atoms with Crippen molar-refractivity contribution in [3.8, 4) is 0 Å². The molecule has 4 N–H and O–H groups in total. The van der Waals surface area contributed by atoms with Gasteiger partial charge in [0.25, 0.3) is 5.91 Å². The van der Waals surface area contributed by atoms with Crippen molar-refractivity contribution in [2.75, 3.05) is 25.0 Å². The Morgan fingerprint density at radius 2 is 2.04 bits per heavy atom. The molecule has 1 atom stereocenters. The minimum absolute atomic E-state index is 0.0163. The van der Waals surface area contributed by atoms with Crippen LogP contribution < -0.4 is 16.4 Å². The van der Waals surface area contributed by atoms with Crippen molar-refractivity contribution in [2.45, 2.75) is 39.2 Å². The first-order valence-corrected chi connectivity index (χ1v) is 9.03. The van der Waals surface area contributed by atoms with Gasteiger partial charge in [0, 0.05) is 30.9 Å². The topological polar surface area (TPSA) is 105 Å². The van der Waals surface area contributed by atoms with Gasteiger partial charge in [0.2, 0.25) is 11.8 Å². The third-order valence-corrected chi connectivity index (χ3v) is 5.34. The van der Waals surface area contributed by atoms with Crippen LogP contribution in [0.15, 0.2) is 18.2 Å². The van der Waals surface area contributed by atoms with Gasteiger partial charge in [0.1, 0.15) is 0 Å². The second-order valence-electron chi connectivity index (χ2n) is 7.70. The van der Waals surface area contributed by atoms with Gasteiger partial charge in [-0.1, -0.05) is 6.92 Å². The Labute approximate surface area is 153 Å². The van der Waals surface area contributed by atoms with Crippen molar-refractivity contribution >= 4 is 23.4 Å². The molecule has 3 amide bonds. The number of likely N-dealkylation sites (tertiary alicyclic amines) is 1. The predicted molar refractivity (Wildman–Crippen MR) is 98.7 cm³/mol. The van der Waals surface area contributed by atoms with Gasteiger partial charge in [-0.3, -0.25) is 14.4 Å². The van der Waals surface area contributed by atoms with Gasteiger partial charge in [-0.25, -0.2) is 0 Å². The molecule has 1 fully saturated rings. The highest BCUT2D eigenvalue weighted by atomic mass is 16.2. The number of nitrogens with two attached hydrogens (primary N) is 1. The lowest BCUT2D eigenvalue weighted by Crippen LogP contribution is -2.50. The van der Waals surface area contributed by atoms with Crippen molar-refractivity contribution < 1.29 is 14.4 Å². The summed E-state index contributed by atoms with van der Waals surface area (Å²) in [6.07, 6.45) is 1.97. The summed E-state index contributed by atoms with van der Waals surface area (Å²) >= 11 is 0. The fraction of sp³-hybridized carbons (Fsp3) is 0.526. The van der Waals surface area contributed by atoms with Crippen LogP contribution in [0.1, 0.15) is 42.6 Å². The van der Waals surface area contributed by atoms with E-state index in [9.17, 15) is 14.4 Å². The lowest BCUT2D eigenvalue weighted by Gasteiger charge is -2.40. The van der Waals surface area contributed by atoms with Gasteiger partial charge >= 0.3 is 0 Å². The summed E-state index contributed by atoms with van der Waals surface area (Å²) in [4.78, 5) is 37.7. The maximum atomic E-state index is 12.5. The molecule has 2 heterocycles. The molecule has 0 bridgehead atoms. The fourth-order valence-corrected chi connectivity index (χ4v) is 3.50. The van der Waals surface area contributed by atoms with E-state index < -0.39 is 6.04 Å². The van der Waals surface area contributed by atoms with Crippen LogP contribution in [0.4, 0.5) is 5.69 Å². The zero-order valence-electron chi connectivity index (χ0n) is 15.3. The molecule has 0 aromatic heterocycles. The molecule has 3 rings (SSSR count). The molecule has 2 aliphatic heterocycles. The number of carbonyl (C=O) groups is 3. The molecule has 0 aliphatic carbocycles. The van der Waals surface area contributed by atoms with Crippen LogP contribution in [0.5, 0.6) is 0 Å². The normalized spacial score (nSPS) is 19.5. The first kappa shape index (κ1) is 18.4. The largest absolute Gasteiger partial charge is 0.351 e. The number of hydrogen-bond acceptors (Lipinski definition) is 4. The summed E-state index contributed by atoms with van der Waals surface area (Å²) in [6.45, 7) is 5.72. The van der Waals surface area contributed by atoms with E-state index in [2.05, 4.69) is 17.6 Å². The van der Waals surface area contributed by atoms with Gasteiger partial charge in [0.15, 0.2) is 0 Å². The molecule has 0 saturated carbocycles. The predicted octanol–water partition coefficient (Wildman–Crippen LogP) is 0.887. The molecule has 0 radical (unpaired) electrons. The van der Waals surface area contributed by atoms with E-state index >= 15 is 0 Å². The third-order valence-electron chi connectivity index (χ3n) is 5.34. The highest BCUT2D eigenvalue weighted by Gasteiger charge is 2.33. The number of nitrogens with one attached hydrogen (secondary N) is 2. The number of fused-ring (bicyclic) bond motifs is 1. The van der Waals surface area contributed by atoms with E-state index in [0.717, 1.165) is 24.1 Å². The Morgan fingerprint density at radius 3 is 2.69 bits per heavy atom. The Kier molecular flexibility index (Phi) is 5.00. The summed E-state index contributed by atoms with van der Waals surface area (Å²) in [5.74, 6) is -0.196. The van der Waals surface area contributed by atoms with E-state index in [1.54, 1.807) is 30.0 Å². The average Bonchev–Trinajstić information content (AvgIpc) is 2.99. The molecular formula is C19H26N4O3. The third kappa shape index (κ3) is 3.88. The smallest absolute Gasteiger partial charge is 0.251 e. The van der Waals surface area contributed by atoms with Gasteiger partial charge in [0.05, 0.1) is 12.5 Å². The number of benzene rings is 1. The molecule has 1 saturated heterocycles. The molecular weight excluding hydrogens is 332 g/mol. The lowest BCUT2D eigenvalue weighted by molar-refractivity contribution is -0.134. The maximum Gasteiger partial charge on any atom is 0.251 e. The first-order chi connectivity index (χ1) is 12.3. The summed E-state index contributed by atoms with van der Waals surface area (Å²) in [5, 5.41) is 5.77. The zero-order valence-corrected chi connectivity index (χ0v) is 15.3. The van der Waals surface area contributed by atoms with Gasteiger partial charge < -0.3 is 21.3 Å². The minimum Gasteiger partial charge on any atom is -0.351 e. The molecule has 7 heteroatoms. The molecule has 1 aromatic rings. The Morgan fingerprint density at radius 1 is 1.35 bits per heavy atom. The van der Waals surface area contributed by atoms with Crippen LogP contribution in [0.25, 0.3) is 0 Å². The number of hydrogen-bond donors (Lipinski definition) is 3. The molecule has 140 valence electrons. The standard InChI is InChI=1S/C19H26N4O3/c1-12(20)18(26)23-7-5-19(2,6-8-23)11-21-17(25)13-3-4-15-14(9-13)10-16(24)22-15/h3-4,9,12H,5-8,10-11,20H2,1-2H3,(H,21,25)(H,22,24)/t12-/m0/s1. The summed E-state index contributed by atoms with van der Waals surface area (Å²) < 4.78 is 0. The number of anilines is 1. The van der Waals surface area contributed by atoms with E-state index in [-0.39, 0.29) is 23.1 Å². The lowest BCUT2D eigenvalue weighted by atomic mass is 9.80. The number of amides is 3. The molecule has 2 aliphatic rings. The van der Waals surface area contributed by atoms with Crippen LogP contribution in [0, 0.1) is 5.41 Å². The molecule has 1 aromatic carbocycles. The van der Waals surface area contributed by atoms with Crippen molar-refractivity contribution in [3.63, 3.8) is 0 Å². The van der Waals surface area contributed by atoms with Crippen LogP contribution in [-0.2, 0) is 16.0 Å². The van der Waals surface area contributed by atoms with Crippen molar-refractivity contribution in [1.29, 1.82) is 0 Å². The average molecular weight is 358 g/mol. The number of piperidine rings is 1. The van der Waals surface area contributed by atoms with E-state index in [0.29, 0.717) is 31.6 Å². The second-order valence-corrected chi connectivity index (χ2v) is 7.70. The van der Waals surface area contributed by atoms with Crippen LogP contribution in [0.3, 0.4) is 0 Å². The maximum absolute atomic E-state index is 12.5. The van der Waals surface area contributed by atoms with Gasteiger partial charge in [-0.2, -0.15) is 0 Å². The van der Waals surface area contributed by atoms with E-state index in [1.807, 2.05) is 0 Å². The zero-order chi connectivity index (χ0) is 18.9. The van der Waals surface area contributed by atoms with Crippen molar-refractivity contribution in [2.24, 2.45) is 11.1 Å². The summed E-state index contributed by atoms with van der Waals surface area (Å²) in [6, 6.07) is 4.80. The summed E-state index contributed by atoms with van der Waals surface area (Å²) in [7, 11) is 0. The first-order valence-electron chi connectivity index (χ1n) is 9.03. The monoisotopic (exact) mass is 358 g/mol. The van der Waals surface area contributed by atoms with Gasteiger partial charge in [-0.15, -0.1) is 0 Å². The van der Waals surface area contributed by atoms with Crippen LogP contribution >= 0.6 is 0 Å². The second kappa shape index (κ2) is 7.07. The quantitative estimate of drug-likeness (QED) is 0.743. The van der Waals surface area contributed by atoms with Crippen LogP contribution in [-0.4, -0.2) is 48.3 Å². The van der Waals surface area contributed by atoms with E-state index in [1.165, 1.54) is 0 Å². The van der Waals surface area contributed by atoms with Gasteiger partial charge in [-0.05, 0) is 48.9 Å². The fourth-order valence-electron chi connectivity index (χ4n) is 3.50. The highest BCUT2D eigenvalue weighted by molar-refractivity contribution is 6.01. The number of nitrogens with zero attached hydrogens (tertiary/aromatic N) is 1. The molecule has 7 nitrogen and oxygen atoms in total. The van der Waals surface area contributed by atoms with E-state index in [4.69, 9.17) is 5.73 Å². The molecule has 26 heavy (non-hydrogen) atoms. The number of carbonyl (C=O) groups excluding carboxylic acids is 3. The molecule has 0 unspecified atom stereocenters. The van der Waals surface area contributed by atoms with Crippen molar-refractivity contribution in [1.82, 2.24) is 10.2 Å². The highest BCUT2D eigenvalue weighted by Crippen LogP contribution is 2.30. The Bertz CT molecular complexity index is 736. The molecule has 0 spiro atoms. The Hall–Kier alpha value is -2.41. The summed E-state index contributed by atoms with van der Waals surface area (Å²) in [5.41, 5.74) is 7.83. The SMILES string of the molecule is C[C@H](N)C(=O)N1CCC(C)(CNC(=O)c2ccc3c(c2)CC(=O)N3)CC1. The number of rotatable bonds is 4.